The van der Waals surface area contributed by atoms with E-state index < -0.39 is 0 Å². The van der Waals surface area contributed by atoms with Crippen LogP contribution in [0.2, 0.25) is 0 Å². The van der Waals surface area contributed by atoms with Crippen LogP contribution in [0.25, 0.3) is 0 Å². The number of hydrogen-bond acceptors (Lipinski definition) is 3. The third-order valence-corrected chi connectivity index (χ3v) is 5.25. The molecule has 2 unspecified atom stereocenters. The average Bonchev–Trinajstić information content (AvgIpc) is 3.01. The van der Waals surface area contributed by atoms with Gasteiger partial charge in [-0.15, -0.1) is 11.3 Å². The fraction of sp³-hybridized carbons (Fsp3) is 0.333. The molecule has 0 fully saturated rings. The van der Waals surface area contributed by atoms with Gasteiger partial charge < -0.3 is 10.1 Å². The number of para-hydroxylation sites is 1. The second kappa shape index (κ2) is 5.65. The molecule has 0 spiro atoms. The van der Waals surface area contributed by atoms with Crippen LogP contribution in [0, 0.1) is 0 Å². The molecule has 3 rings (SSSR count). The van der Waals surface area contributed by atoms with Crippen molar-refractivity contribution in [1.82, 2.24) is 5.32 Å². The van der Waals surface area contributed by atoms with E-state index in [1.54, 1.807) is 11.3 Å². The van der Waals surface area contributed by atoms with E-state index in [9.17, 15) is 0 Å². The van der Waals surface area contributed by atoms with E-state index in [2.05, 4.69) is 50.9 Å². The van der Waals surface area contributed by atoms with Crippen LogP contribution in [0.5, 0.6) is 5.75 Å². The van der Waals surface area contributed by atoms with E-state index in [1.165, 1.54) is 10.4 Å². The Bertz CT molecular complexity index is 544. The van der Waals surface area contributed by atoms with Gasteiger partial charge in [0.1, 0.15) is 11.9 Å². The first kappa shape index (κ1) is 13.2. The zero-order chi connectivity index (χ0) is 13.2. The molecule has 1 aliphatic rings. The SMILES string of the molecule is CNC(Cc1cc(Br)cs1)C1Cc2ccccc2O1. The van der Waals surface area contributed by atoms with Crippen LogP contribution in [-0.2, 0) is 12.8 Å². The molecule has 4 heteroatoms. The summed E-state index contributed by atoms with van der Waals surface area (Å²) in [7, 11) is 2.01. The predicted molar refractivity (Wildman–Crippen MR) is 83.1 cm³/mol. The van der Waals surface area contributed by atoms with Crippen LogP contribution in [0.4, 0.5) is 0 Å². The lowest BCUT2D eigenvalue weighted by atomic mass is 10.0. The van der Waals surface area contributed by atoms with Crippen LogP contribution in [0.3, 0.4) is 0 Å². The van der Waals surface area contributed by atoms with Crippen molar-refractivity contribution in [2.24, 2.45) is 0 Å². The van der Waals surface area contributed by atoms with Crippen LogP contribution in [0.15, 0.2) is 40.2 Å². The van der Waals surface area contributed by atoms with Crippen molar-refractivity contribution in [2.75, 3.05) is 7.05 Å². The van der Waals surface area contributed by atoms with Crippen LogP contribution in [-0.4, -0.2) is 19.2 Å². The molecule has 1 aliphatic heterocycles. The summed E-state index contributed by atoms with van der Waals surface area (Å²) >= 11 is 5.30. The maximum Gasteiger partial charge on any atom is 0.123 e. The van der Waals surface area contributed by atoms with Crippen molar-refractivity contribution < 1.29 is 4.74 Å². The fourth-order valence-corrected chi connectivity index (χ4v) is 4.04. The molecule has 2 atom stereocenters. The number of likely N-dealkylation sites (N-methyl/N-ethyl adjacent to an activating group) is 1. The Hall–Kier alpha value is -0.840. The van der Waals surface area contributed by atoms with Crippen LogP contribution < -0.4 is 10.1 Å². The van der Waals surface area contributed by atoms with Gasteiger partial charge in [0.05, 0.1) is 0 Å². The summed E-state index contributed by atoms with van der Waals surface area (Å²) < 4.78 is 7.23. The summed E-state index contributed by atoms with van der Waals surface area (Å²) in [5, 5.41) is 5.53. The van der Waals surface area contributed by atoms with Gasteiger partial charge in [0, 0.05) is 33.6 Å². The van der Waals surface area contributed by atoms with E-state index in [0.717, 1.165) is 23.1 Å². The fourth-order valence-electron chi connectivity index (χ4n) is 2.53. The summed E-state index contributed by atoms with van der Waals surface area (Å²) in [6.07, 6.45) is 2.22. The summed E-state index contributed by atoms with van der Waals surface area (Å²) in [5.41, 5.74) is 1.32. The predicted octanol–water partition coefficient (Wildman–Crippen LogP) is 3.64. The Morgan fingerprint density at radius 3 is 3.00 bits per heavy atom. The smallest absolute Gasteiger partial charge is 0.123 e. The summed E-state index contributed by atoms with van der Waals surface area (Å²) in [4.78, 5) is 1.38. The summed E-state index contributed by atoms with van der Waals surface area (Å²) in [6.45, 7) is 0. The zero-order valence-corrected chi connectivity index (χ0v) is 13.1. The normalized spacial score (nSPS) is 18.9. The standard InChI is InChI=1S/C15H16BrNOS/c1-17-13(8-12-7-11(16)9-19-12)15-6-10-4-2-3-5-14(10)18-15/h2-5,7,9,13,15,17H,6,8H2,1H3. The first-order valence-electron chi connectivity index (χ1n) is 6.41. The molecule has 2 nitrogen and oxygen atoms in total. The summed E-state index contributed by atoms with van der Waals surface area (Å²) in [6, 6.07) is 10.9. The van der Waals surface area contributed by atoms with Crippen molar-refractivity contribution >= 4 is 27.3 Å². The van der Waals surface area contributed by atoms with Crippen molar-refractivity contribution in [3.8, 4) is 5.75 Å². The van der Waals surface area contributed by atoms with E-state index in [-0.39, 0.29) is 6.10 Å². The first-order chi connectivity index (χ1) is 9.26. The Kier molecular flexibility index (Phi) is 3.91. The molecule has 1 aromatic carbocycles. The highest BCUT2D eigenvalue weighted by Crippen LogP contribution is 2.31. The molecule has 2 aromatic rings. The second-order valence-electron chi connectivity index (χ2n) is 4.80. The molecular formula is C15H16BrNOS. The van der Waals surface area contributed by atoms with Crippen molar-refractivity contribution in [1.29, 1.82) is 0 Å². The third-order valence-electron chi connectivity index (χ3n) is 3.53. The van der Waals surface area contributed by atoms with E-state index in [4.69, 9.17) is 4.74 Å². The van der Waals surface area contributed by atoms with E-state index in [0.29, 0.717) is 6.04 Å². The lowest BCUT2D eigenvalue weighted by Crippen LogP contribution is -2.41. The molecule has 0 saturated heterocycles. The number of ether oxygens (including phenoxy) is 1. The van der Waals surface area contributed by atoms with Gasteiger partial charge in [0.25, 0.3) is 0 Å². The summed E-state index contributed by atoms with van der Waals surface area (Å²) in [5.74, 6) is 1.04. The number of halogens is 1. The molecule has 100 valence electrons. The molecule has 2 heterocycles. The third kappa shape index (κ3) is 2.86. The number of benzene rings is 1. The van der Waals surface area contributed by atoms with Gasteiger partial charge in [-0.3, -0.25) is 0 Å². The molecule has 1 aromatic heterocycles. The van der Waals surface area contributed by atoms with Crippen LogP contribution in [0.1, 0.15) is 10.4 Å². The molecular weight excluding hydrogens is 322 g/mol. The van der Waals surface area contributed by atoms with Gasteiger partial charge in [-0.2, -0.15) is 0 Å². The highest BCUT2D eigenvalue weighted by molar-refractivity contribution is 9.10. The van der Waals surface area contributed by atoms with Gasteiger partial charge in [0.15, 0.2) is 0 Å². The highest BCUT2D eigenvalue weighted by atomic mass is 79.9. The lowest BCUT2D eigenvalue weighted by Gasteiger charge is -2.22. The first-order valence-corrected chi connectivity index (χ1v) is 8.08. The van der Waals surface area contributed by atoms with Crippen molar-refractivity contribution in [2.45, 2.75) is 25.0 Å². The maximum atomic E-state index is 6.07. The quantitative estimate of drug-likeness (QED) is 0.919. The van der Waals surface area contributed by atoms with Gasteiger partial charge in [0.2, 0.25) is 0 Å². The number of rotatable bonds is 4. The topological polar surface area (TPSA) is 21.3 Å². The Labute approximate surface area is 125 Å². The zero-order valence-electron chi connectivity index (χ0n) is 10.7. The minimum atomic E-state index is 0.225. The van der Waals surface area contributed by atoms with Crippen LogP contribution >= 0.6 is 27.3 Å². The molecule has 1 N–H and O–H groups in total. The molecule has 0 radical (unpaired) electrons. The molecule has 0 bridgehead atoms. The Balaban J connectivity index is 1.71. The van der Waals surface area contributed by atoms with Gasteiger partial charge in [-0.1, -0.05) is 18.2 Å². The maximum absolute atomic E-state index is 6.07. The molecule has 19 heavy (non-hydrogen) atoms. The van der Waals surface area contributed by atoms with Gasteiger partial charge >= 0.3 is 0 Å². The Morgan fingerprint density at radius 1 is 1.47 bits per heavy atom. The minimum Gasteiger partial charge on any atom is -0.488 e. The number of thiophene rings is 1. The minimum absolute atomic E-state index is 0.225. The number of nitrogens with one attached hydrogen (secondary N) is 1. The number of hydrogen-bond donors (Lipinski definition) is 1. The monoisotopic (exact) mass is 337 g/mol. The van der Waals surface area contributed by atoms with Crippen molar-refractivity contribution in [3.63, 3.8) is 0 Å². The van der Waals surface area contributed by atoms with Gasteiger partial charge in [-0.05, 0) is 40.7 Å². The molecule has 0 amide bonds. The lowest BCUT2D eigenvalue weighted by molar-refractivity contribution is 0.182. The highest BCUT2D eigenvalue weighted by Gasteiger charge is 2.29. The second-order valence-corrected chi connectivity index (χ2v) is 6.71. The number of fused-ring (bicyclic) bond motifs is 1. The average molecular weight is 338 g/mol. The molecule has 0 saturated carbocycles. The van der Waals surface area contributed by atoms with Gasteiger partial charge in [-0.25, -0.2) is 0 Å². The Morgan fingerprint density at radius 2 is 2.32 bits per heavy atom. The van der Waals surface area contributed by atoms with E-state index in [1.807, 2.05) is 13.1 Å². The van der Waals surface area contributed by atoms with Crippen molar-refractivity contribution in [3.05, 3.63) is 50.6 Å². The van der Waals surface area contributed by atoms with E-state index >= 15 is 0 Å². The largest absolute Gasteiger partial charge is 0.488 e. The molecule has 0 aliphatic carbocycles.